The molecule has 0 bridgehead atoms. The molecule has 2 aromatic rings. The largest absolute Gasteiger partial charge is 0.373 e. The van der Waals surface area contributed by atoms with Crippen molar-refractivity contribution in [2.75, 3.05) is 5.32 Å². The lowest BCUT2D eigenvalue weighted by molar-refractivity contribution is -0.121. The number of thiophene rings is 1. The Morgan fingerprint density at radius 1 is 1.33 bits per heavy atom. The fraction of sp³-hybridized carbons (Fsp3) is 0.214. The molecule has 2 N–H and O–H groups in total. The Bertz CT molecular complexity index is 526. The van der Waals surface area contributed by atoms with E-state index in [4.69, 9.17) is 0 Å². The van der Waals surface area contributed by atoms with Gasteiger partial charge in [0.05, 0.1) is 6.54 Å². The molecule has 1 aliphatic heterocycles. The zero-order valence-corrected chi connectivity index (χ0v) is 10.7. The predicted octanol–water partition coefficient (Wildman–Crippen LogP) is 2.40. The minimum atomic E-state index is -0.137. The van der Waals surface area contributed by atoms with Gasteiger partial charge in [-0.15, -0.1) is 11.3 Å². The number of rotatable bonds is 3. The van der Waals surface area contributed by atoms with Gasteiger partial charge >= 0.3 is 0 Å². The molecular formula is C14H14N2OS. The number of benzene rings is 1. The average molecular weight is 258 g/mol. The first kappa shape index (κ1) is 11.3. The second kappa shape index (κ2) is 4.82. The van der Waals surface area contributed by atoms with Crippen LogP contribution in [0.3, 0.4) is 0 Å². The molecule has 92 valence electrons. The van der Waals surface area contributed by atoms with E-state index in [9.17, 15) is 4.79 Å². The number of anilines is 1. The molecular weight excluding hydrogens is 244 g/mol. The predicted molar refractivity (Wildman–Crippen MR) is 73.7 cm³/mol. The maximum Gasteiger partial charge on any atom is 0.243 e. The van der Waals surface area contributed by atoms with Crippen molar-refractivity contribution >= 4 is 22.9 Å². The Morgan fingerprint density at radius 3 is 3.00 bits per heavy atom. The molecule has 1 aromatic carbocycles. The van der Waals surface area contributed by atoms with Gasteiger partial charge in [-0.2, -0.15) is 0 Å². The molecule has 2 heterocycles. The number of carbonyl (C=O) groups excluding carboxylic acids is 1. The monoisotopic (exact) mass is 258 g/mol. The third kappa shape index (κ3) is 2.24. The lowest BCUT2D eigenvalue weighted by Crippen LogP contribution is -2.37. The highest BCUT2D eigenvalue weighted by molar-refractivity contribution is 7.09. The second-order valence-electron chi connectivity index (χ2n) is 4.36. The first-order valence-electron chi connectivity index (χ1n) is 5.97. The van der Waals surface area contributed by atoms with Gasteiger partial charge in [-0.3, -0.25) is 4.79 Å². The van der Waals surface area contributed by atoms with Gasteiger partial charge in [-0.1, -0.05) is 24.3 Å². The van der Waals surface area contributed by atoms with E-state index >= 15 is 0 Å². The Kier molecular flexibility index (Phi) is 3.02. The van der Waals surface area contributed by atoms with Crippen molar-refractivity contribution in [2.24, 2.45) is 0 Å². The molecule has 1 amide bonds. The minimum absolute atomic E-state index is 0.0691. The van der Waals surface area contributed by atoms with Gasteiger partial charge in [-0.25, -0.2) is 0 Å². The lowest BCUT2D eigenvalue weighted by Gasteiger charge is -2.11. The van der Waals surface area contributed by atoms with Crippen LogP contribution in [0.4, 0.5) is 5.69 Å². The van der Waals surface area contributed by atoms with Gasteiger partial charge in [-0.05, 0) is 23.1 Å². The van der Waals surface area contributed by atoms with Gasteiger partial charge in [0.1, 0.15) is 6.04 Å². The molecule has 1 aliphatic rings. The van der Waals surface area contributed by atoms with Crippen molar-refractivity contribution in [3.8, 4) is 0 Å². The van der Waals surface area contributed by atoms with E-state index in [2.05, 4.69) is 16.7 Å². The molecule has 0 saturated heterocycles. The van der Waals surface area contributed by atoms with Crippen LogP contribution < -0.4 is 10.6 Å². The smallest absolute Gasteiger partial charge is 0.243 e. The van der Waals surface area contributed by atoms with Crippen LogP contribution in [0.25, 0.3) is 0 Å². The zero-order chi connectivity index (χ0) is 12.4. The van der Waals surface area contributed by atoms with Crippen LogP contribution in [0.15, 0.2) is 41.8 Å². The van der Waals surface area contributed by atoms with E-state index in [1.54, 1.807) is 11.3 Å². The topological polar surface area (TPSA) is 41.1 Å². The molecule has 0 aliphatic carbocycles. The van der Waals surface area contributed by atoms with Gasteiger partial charge < -0.3 is 10.6 Å². The zero-order valence-electron chi connectivity index (χ0n) is 9.85. The summed E-state index contributed by atoms with van der Waals surface area (Å²) >= 11 is 1.66. The Labute approximate surface area is 110 Å². The van der Waals surface area contributed by atoms with Crippen molar-refractivity contribution in [3.05, 3.63) is 52.2 Å². The normalized spacial score (nSPS) is 17.0. The number of nitrogens with one attached hydrogen (secondary N) is 2. The third-order valence-electron chi connectivity index (χ3n) is 3.10. The molecule has 0 radical (unpaired) electrons. The number of carbonyl (C=O) groups is 1. The van der Waals surface area contributed by atoms with E-state index < -0.39 is 0 Å². The summed E-state index contributed by atoms with van der Waals surface area (Å²) in [5, 5.41) is 8.25. The molecule has 0 fully saturated rings. The van der Waals surface area contributed by atoms with E-state index in [-0.39, 0.29) is 11.9 Å². The maximum atomic E-state index is 12.0. The molecule has 0 saturated carbocycles. The third-order valence-corrected chi connectivity index (χ3v) is 3.98. The molecule has 4 heteroatoms. The van der Waals surface area contributed by atoms with Crippen LogP contribution >= 0.6 is 11.3 Å². The molecule has 1 atom stereocenters. The Morgan fingerprint density at radius 2 is 2.22 bits per heavy atom. The number of hydrogen-bond donors (Lipinski definition) is 2. The van der Waals surface area contributed by atoms with Crippen molar-refractivity contribution in [2.45, 2.75) is 19.0 Å². The van der Waals surface area contributed by atoms with Gasteiger partial charge in [0, 0.05) is 17.0 Å². The summed E-state index contributed by atoms with van der Waals surface area (Å²) in [6.07, 6.45) is 0.770. The number of amides is 1. The first-order valence-corrected chi connectivity index (χ1v) is 6.85. The Balaban J connectivity index is 1.59. The van der Waals surface area contributed by atoms with Crippen molar-refractivity contribution < 1.29 is 4.79 Å². The van der Waals surface area contributed by atoms with Crippen LogP contribution in [-0.4, -0.2) is 11.9 Å². The van der Waals surface area contributed by atoms with Crippen molar-refractivity contribution in [3.63, 3.8) is 0 Å². The first-order chi connectivity index (χ1) is 8.83. The standard InChI is InChI=1S/C14H14N2OS/c17-14(15-9-11-5-3-7-18-11)13-8-10-4-1-2-6-12(10)16-13/h1-7,13,16H,8-9H2,(H,15,17). The van der Waals surface area contributed by atoms with Crippen LogP contribution in [0.2, 0.25) is 0 Å². The summed E-state index contributed by atoms with van der Waals surface area (Å²) in [6.45, 7) is 0.616. The molecule has 0 spiro atoms. The molecule has 3 rings (SSSR count). The summed E-state index contributed by atoms with van der Waals surface area (Å²) in [5.74, 6) is 0.0691. The van der Waals surface area contributed by atoms with Crippen LogP contribution in [-0.2, 0) is 17.8 Å². The summed E-state index contributed by atoms with van der Waals surface area (Å²) in [4.78, 5) is 13.2. The minimum Gasteiger partial charge on any atom is -0.373 e. The van der Waals surface area contributed by atoms with Gasteiger partial charge in [0.2, 0.25) is 5.91 Å². The van der Waals surface area contributed by atoms with E-state index in [0.717, 1.165) is 12.1 Å². The molecule has 1 aromatic heterocycles. The SMILES string of the molecule is O=C(NCc1cccs1)C1Cc2ccccc2N1. The summed E-state index contributed by atoms with van der Waals surface area (Å²) in [6, 6.07) is 12.0. The average Bonchev–Trinajstić information content (AvgIpc) is 3.04. The summed E-state index contributed by atoms with van der Waals surface area (Å²) < 4.78 is 0. The number of hydrogen-bond acceptors (Lipinski definition) is 3. The Hall–Kier alpha value is -1.81. The summed E-state index contributed by atoms with van der Waals surface area (Å²) in [5.41, 5.74) is 2.29. The van der Waals surface area contributed by atoms with Gasteiger partial charge in [0.15, 0.2) is 0 Å². The van der Waals surface area contributed by atoms with Crippen molar-refractivity contribution in [1.29, 1.82) is 0 Å². The highest BCUT2D eigenvalue weighted by atomic mass is 32.1. The summed E-state index contributed by atoms with van der Waals surface area (Å²) in [7, 11) is 0. The van der Waals surface area contributed by atoms with Crippen molar-refractivity contribution in [1.82, 2.24) is 5.32 Å². The quantitative estimate of drug-likeness (QED) is 0.887. The fourth-order valence-electron chi connectivity index (χ4n) is 2.17. The lowest BCUT2D eigenvalue weighted by atomic mass is 10.1. The van der Waals surface area contributed by atoms with Gasteiger partial charge in [0.25, 0.3) is 0 Å². The maximum absolute atomic E-state index is 12.0. The highest BCUT2D eigenvalue weighted by Crippen LogP contribution is 2.25. The van der Waals surface area contributed by atoms with E-state index in [0.29, 0.717) is 6.54 Å². The number of para-hydroxylation sites is 1. The molecule has 18 heavy (non-hydrogen) atoms. The van der Waals surface area contributed by atoms with Crippen LogP contribution in [0.5, 0.6) is 0 Å². The van der Waals surface area contributed by atoms with Crippen LogP contribution in [0.1, 0.15) is 10.4 Å². The fourth-order valence-corrected chi connectivity index (χ4v) is 2.81. The van der Waals surface area contributed by atoms with E-state index in [1.165, 1.54) is 10.4 Å². The molecule has 1 unspecified atom stereocenters. The van der Waals surface area contributed by atoms with E-state index in [1.807, 2.05) is 35.7 Å². The second-order valence-corrected chi connectivity index (χ2v) is 5.39. The van der Waals surface area contributed by atoms with Crippen LogP contribution in [0, 0.1) is 0 Å². The highest BCUT2D eigenvalue weighted by Gasteiger charge is 2.25. The molecule has 3 nitrogen and oxygen atoms in total. The number of fused-ring (bicyclic) bond motifs is 1.